The van der Waals surface area contributed by atoms with Gasteiger partial charge in [-0.3, -0.25) is 14.9 Å². The van der Waals surface area contributed by atoms with E-state index in [9.17, 15) is 9.59 Å². The third-order valence-corrected chi connectivity index (χ3v) is 5.19. The molecule has 0 aliphatic rings. The summed E-state index contributed by atoms with van der Waals surface area (Å²) in [4.78, 5) is 32.6. The van der Waals surface area contributed by atoms with Gasteiger partial charge in [0.1, 0.15) is 5.56 Å². The first-order chi connectivity index (χ1) is 13.1. The van der Waals surface area contributed by atoms with Crippen LogP contribution in [0.4, 0.5) is 5.13 Å². The van der Waals surface area contributed by atoms with Crippen LogP contribution in [-0.2, 0) is 6.42 Å². The largest absolute Gasteiger partial charge is 0.321 e. The maximum absolute atomic E-state index is 12.5. The predicted octanol–water partition coefficient (Wildman–Crippen LogP) is 4.48. The van der Waals surface area contributed by atoms with Crippen LogP contribution in [0.1, 0.15) is 20.8 Å². The molecule has 0 bridgehead atoms. The monoisotopic (exact) mass is 395 g/mol. The number of aromatic amines is 1. The number of carbonyl (C=O) groups is 1. The molecule has 4 rings (SSSR count). The summed E-state index contributed by atoms with van der Waals surface area (Å²) in [7, 11) is 0. The van der Waals surface area contributed by atoms with Gasteiger partial charge in [-0.2, -0.15) is 0 Å². The summed E-state index contributed by atoms with van der Waals surface area (Å²) in [6.07, 6.45) is 2.39. The van der Waals surface area contributed by atoms with E-state index < -0.39 is 11.5 Å². The van der Waals surface area contributed by atoms with Gasteiger partial charge in [-0.25, -0.2) is 4.98 Å². The second kappa shape index (κ2) is 7.34. The highest BCUT2D eigenvalue weighted by molar-refractivity contribution is 7.15. The first-order valence-corrected chi connectivity index (χ1v) is 9.40. The number of aromatic nitrogens is 2. The third kappa shape index (κ3) is 3.92. The maximum atomic E-state index is 12.5. The fourth-order valence-electron chi connectivity index (χ4n) is 2.78. The van der Waals surface area contributed by atoms with Gasteiger partial charge in [-0.05, 0) is 35.2 Å². The number of para-hydroxylation sites is 1. The van der Waals surface area contributed by atoms with E-state index in [1.54, 1.807) is 18.3 Å². The number of H-pyrrole nitrogens is 1. The molecule has 2 aromatic carbocycles. The molecule has 7 heteroatoms. The lowest BCUT2D eigenvalue weighted by molar-refractivity contribution is 0.102. The van der Waals surface area contributed by atoms with Crippen molar-refractivity contribution in [3.8, 4) is 0 Å². The summed E-state index contributed by atoms with van der Waals surface area (Å²) in [5, 5.41) is 4.63. The number of benzene rings is 2. The van der Waals surface area contributed by atoms with E-state index in [0.29, 0.717) is 22.1 Å². The molecule has 2 aromatic heterocycles. The van der Waals surface area contributed by atoms with Gasteiger partial charge >= 0.3 is 0 Å². The lowest BCUT2D eigenvalue weighted by Gasteiger charge is -2.03. The minimum absolute atomic E-state index is 0.0558. The van der Waals surface area contributed by atoms with Gasteiger partial charge < -0.3 is 4.98 Å². The molecule has 4 aromatic rings. The number of anilines is 1. The van der Waals surface area contributed by atoms with Crippen molar-refractivity contribution in [1.29, 1.82) is 0 Å². The topological polar surface area (TPSA) is 74.8 Å². The number of fused-ring (bicyclic) bond motifs is 1. The Balaban J connectivity index is 1.53. The molecule has 0 radical (unpaired) electrons. The minimum atomic E-state index is -0.481. The van der Waals surface area contributed by atoms with Crippen molar-refractivity contribution in [2.45, 2.75) is 6.42 Å². The second-order valence-electron chi connectivity index (χ2n) is 5.99. The number of hydrogen-bond donors (Lipinski definition) is 2. The molecule has 0 aliphatic heterocycles. The Morgan fingerprint density at radius 1 is 1.15 bits per heavy atom. The van der Waals surface area contributed by atoms with Crippen molar-refractivity contribution in [2.24, 2.45) is 0 Å². The van der Waals surface area contributed by atoms with E-state index in [1.165, 1.54) is 11.3 Å². The van der Waals surface area contributed by atoms with Gasteiger partial charge in [0, 0.05) is 28.0 Å². The number of rotatable bonds is 4. The van der Waals surface area contributed by atoms with Crippen molar-refractivity contribution >= 4 is 44.9 Å². The van der Waals surface area contributed by atoms with Crippen molar-refractivity contribution in [3.05, 3.63) is 92.2 Å². The second-order valence-corrected chi connectivity index (χ2v) is 7.54. The Hall–Kier alpha value is -2.96. The van der Waals surface area contributed by atoms with Crippen LogP contribution in [0.3, 0.4) is 0 Å². The van der Waals surface area contributed by atoms with Gasteiger partial charge in [0.2, 0.25) is 0 Å². The Labute approximate surface area is 163 Å². The average Bonchev–Trinajstić information content (AvgIpc) is 3.07. The molecule has 0 atom stereocenters. The third-order valence-electron chi connectivity index (χ3n) is 4.04. The molecule has 0 aliphatic carbocycles. The summed E-state index contributed by atoms with van der Waals surface area (Å²) in [6.45, 7) is 0. The Morgan fingerprint density at radius 3 is 2.85 bits per heavy atom. The van der Waals surface area contributed by atoms with Crippen molar-refractivity contribution in [2.75, 3.05) is 5.32 Å². The Morgan fingerprint density at radius 2 is 2.00 bits per heavy atom. The van der Waals surface area contributed by atoms with Gasteiger partial charge in [-0.15, -0.1) is 11.3 Å². The molecule has 0 spiro atoms. The van der Waals surface area contributed by atoms with Crippen LogP contribution in [0.25, 0.3) is 10.9 Å². The fraction of sp³-hybridized carbons (Fsp3) is 0.0500. The van der Waals surface area contributed by atoms with Crippen LogP contribution in [0, 0.1) is 0 Å². The SMILES string of the molecule is O=C(Nc1ncc(Cc2cccc(Cl)c2)s1)c1cc2ccccc2[nH]c1=O. The lowest BCUT2D eigenvalue weighted by atomic mass is 10.1. The van der Waals surface area contributed by atoms with Crippen LogP contribution < -0.4 is 10.9 Å². The number of nitrogens with one attached hydrogen (secondary N) is 2. The highest BCUT2D eigenvalue weighted by atomic mass is 35.5. The van der Waals surface area contributed by atoms with Crippen LogP contribution in [0.5, 0.6) is 0 Å². The molecule has 5 nitrogen and oxygen atoms in total. The lowest BCUT2D eigenvalue weighted by Crippen LogP contribution is -2.22. The molecule has 2 N–H and O–H groups in total. The van der Waals surface area contributed by atoms with Crippen LogP contribution in [-0.4, -0.2) is 15.9 Å². The summed E-state index contributed by atoms with van der Waals surface area (Å²) < 4.78 is 0. The van der Waals surface area contributed by atoms with Gasteiger partial charge in [0.05, 0.1) is 0 Å². The van der Waals surface area contributed by atoms with Crippen molar-refractivity contribution < 1.29 is 4.79 Å². The number of pyridine rings is 1. The molecular formula is C20H14ClN3O2S. The standard InChI is InChI=1S/C20H14ClN3O2S/c21-14-6-3-4-12(8-14)9-15-11-22-20(27-15)24-19(26)16-10-13-5-1-2-7-17(13)23-18(16)25/h1-8,10-11H,9H2,(H,23,25)(H,22,24,26). The summed E-state index contributed by atoms with van der Waals surface area (Å²) in [5.74, 6) is -0.481. The van der Waals surface area contributed by atoms with Crippen molar-refractivity contribution in [1.82, 2.24) is 9.97 Å². The van der Waals surface area contributed by atoms with E-state index in [4.69, 9.17) is 11.6 Å². The van der Waals surface area contributed by atoms with Crippen molar-refractivity contribution in [3.63, 3.8) is 0 Å². The summed E-state index contributed by atoms with van der Waals surface area (Å²) >= 11 is 7.38. The van der Waals surface area contributed by atoms with E-state index in [2.05, 4.69) is 15.3 Å². The number of thiazole rings is 1. The number of hydrogen-bond acceptors (Lipinski definition) is 4. The fourth-order valence-corrected chi connectivity index (χ4v) is 3.83. The maximum Gasteiger partial charge on any atom is 0.263 e. The molecule has 27 heavy (non-hydrogen) atoms. The molecule has 0 saturated carbocycles. The van der Waals surface area contributed by atoms with E-state index >= 15 is 0 Å². The van der Waals surface area contributed by atoms with E-state index in [1.807, 2.05) is 42.5 Å². The summed E-state index contributed by atoms with van der Waals surface area (Å²) in [5.41, 5.74) is 1.38. The summed E-state index contributed by atoms with van der Waals surface area (Å²) in [6, 6.07) is 16.5. The molecule has 1 amide bonds. The number of carbonyl (C=O) groups excluding carboxylic acids is 1. The zero-order valence-corrected chi connectivity index (χ0v) is 15.6. The quantitative estimate of drug-likeness (QED) is 0.535. The highest BCUT2D eigenvalue weighted by Gasteiger charge is 2.14. The zero-order valence-electron chi connectivity index (χ0n) is 14.0. The molecule has 0 fully saturated rings. The predicted molar refractivity (Wildman–Crippen MR) is 109 cm³/mol. The minimum Gasteiger partial charge on any atom is -0.321 e. The van der Waals surface area contributed by atoms with Crippen LogP contribution >= 0.6 is 22.9 Å². The Kier molecular flexibility index (Phi) is 4.75. The normalized spacial score (nSPS) is 10.9. The van der Waals surface area contributed by atoms with Crippen LogP contribution in [0.15, 0.2) is 65.6 Å². The molecular weight excluding hydrogens is 382 g/mol. The van der Waals surface area contributed by atoms with Gasteiger partial charge in [-0.1, -0.05) is 41.9 Å². The molecule has 2 heterocycles. The molecule has 134 valence electrons. The van der Waals surface area contributed by atoms with Crippen LogP contribution in [0.2, 0.25) is 5.02 Å². The number of halogens is 1. The number of nitrogens with zero attached hydrogens (tertiary/aromatic N) is 1. The van der Waals surface area contributed by atoms with Gasteiger partial charge in [0.25, 0.3) is 11.5 Å². The molecule has 0 saturated heterocycles. The highest BCUT2D eigenvalue weighted by Crippen LogP contribution is 2.23. The Bertz CT molecular complexity index is 1200. The first kappa shape index (κ1) is 17.5. The smallest absolute Gasteiger partial charge is 0.263 e. The zero-order chi connectivity index (χ0) is 18.8. The first-order valence-electron chi connectivity index (χ1n) is 8.21. The average molecular weight is 396 g/mol. The molecule has 0 unspecified atom stereocenters. The number of amides is 1. The van der Waals surface area contributed by atoms with E-state index in [0.717, 1.165) is 15.8 Å². The van der Waals surface area contributed by atoms with Gasteiger partial charge in [0.15, 0.2) is 5.13 Å². The van der Waals surface area contributed by atoms with E-state index in [-0.39, 0.29) is 5.56 Å².